The minimum atomic E-state index is -1.53. The van der Waals surface area contributed by atoms with Crippen LogP contribution in [0.2, 0.25) is 0 Å². The highest BCUT2D eigenvalue weighted by Gasteiger charge is 2.65. The first-order valence-electron chi connectivity index (χ1n) is 23.8. The number of fused-ring (bicyclic) bond motifs is 3. The number of ether oxygens (including phenoxy) is 3. The highest BCUT2D eigenvalue weighted by molar-refractivity contribution is 6.03. The fraction of sp³-hybridized carbons (Fsp3) is 0.357. The van der Waals surface area contributed by atoms with E-state index in [2.05, 4.69) is 42.2 Å². The molecule has 12 nitrogen and oxygen atoms in total. The Kier molecular flexibility index (Phi) is 15.7. The molecule has 0 spiro atoms. The molecule has 6 unspecified atom stereocenters. The third-order valence-electron chi connectivity index (χ3n) is 13.6. The van der Waals surface area contributed by atoms with Crippen LogP contribution < -0.4 is 14.8 Å². The Hall–Kier alpha value is -6.78. The van der Waals surface area contributed by atoms with Crippen LogP contribution >= 0.6 is 0 Å². The van der Waals surface area contributed by atoms with Crippen molar-refractivity contribution in [3.8, 4) is 17.6 Å². The number of hydrogen-bond donors (Lipinski definition) is 3. The average Bonchev–Trinajstić information content (AvgIpc) is 3.37. The largest absolute Gasteiger partial charge is 0.459 e. The molecule has 0 radical (unpaired) electrons. The number of hydrogen-bond acceptors (Lipinski definition) is 10. The maximum Gasteiger partial charge on any atom is 0.412 e. The van der Waals surface area contributed by atoms with Gasteiger partial charge in [-0.1, -0.05) is 103 Å². The number of benzene rings is 5. The lowest BCUT2D eigenvalue weighted by Gasteiger charge is -2.60. The smallest absolute Gasteiger partial charge is 0.412 e. The lowest BCUT2D eigenvalue weighted by molar-refractivity contribution is -0.255. The van der Waals surface area contributed by atoms with Crippen molar-refractivity contribution < 1.29 is 38.9 Å². The fourth-order valence-electron chi connectivity index (χ4n) is 10.6. The maximum absolute atomic E-state index is 15.5. The molecule has 1 saturated carbocycles. The number of carbonyl (C=O) groups excluding carboxylic acids is 2. The molecule has 3 aliphatic rings. The molecule has 0 aromatic heterocycles. The maximum atomic E-state index is 15.5. The van der Waals surface area contributed by atoms with E-state index in [1.165, 1.54) is 0 Å². The predicted molar refractivity (Wildman–Crippen MR) is 261 cm³/mol. The summed E-state index contributed by atoms with van der Waals surface area (Å²) in [5, 5.41) is 39.5. The highest BCUT2D eigenvalue weighted by Crippen LogP contribution is 2.62. The summed E-state index contributed by atoms with van der Waals surface area (Å²) in [6.45, 7) is 6.94. The number of nitrogens with one attached hydrogen (secondary N) is 1. The standard InChI is InChI=1S/C56H60N4O8/c1-3-31-65-56-51(60(54(63)41-25-23-38(35-57)24-26-41)37-43-20-14-19-40-17-8-9-21-45(40)43)34-49(59-66-4-2)47-32-42(18-10-12-29-61)46(22-11-13-30-62)52(53(47)56)48-33-44(27-28-50(48)68-56)67-55(64)58-36-39-15-6-5-7-16-39/h3,5-9,14-17,19-21,23-28,32-33,42,46,51-53,61-62H,1,4,10-13,18,22,29-31,34,36-37H2,2H3,(H,58,64). The number of allylic oxidation sites excluding steroid dienone is 1. The minimum absolute atomic E-state index is 0.00809. The van der Waals surface area contributed by atoms with Crippen LogP contribution in [0.1, 0.15) is 90.4 Å². The zero-order chi connectivity index (χ0) is 47.5. The third-order valence-corrected chi connectivity index (χ3v) is 13.6. The van der Waals surface area contributed by atoms with E-state index < -0.39 is 23.8 Å². The Morgan fingerprint density at radius 3 is 2.44 bits per heavy atom. The van der Waals surface area contributed by atoms with Crippen molar-refractivity contribution in [1.82, 2.24) is 10.2 Å². The first-order valence-corrected chi connectivity index (χ1v) is 23.8. The van der Waals surface area contributed by atoms with Gasteiger partial charge in [-0.15, -0.1) is 6.58 Å². The predicted octanol–water partition coefficient (Wildman–Crippen LogP) is 10.00. The number of unbranched alkanes of at least 4 members (excludes halogenated alkanes) is 2. The van der Waals surface area contributed by atoms with E-state index in [4.69, 9.17) is 24.2 Å². The van der Waals surface area contributed by atoms with Crippen LogP contribution in [0.15, 0.2) is 145 Å². The summed E-state index contributed by atoms with van der Waals surface area (Å²) in [6.07, 6.45) is 7.88. The van der Waals surface area contributed by atoms with Gasteiger partial charge in [-0.2, -0.15) is 5.26 Å². The SMILES string of the molecule is C=CCOC12Oc3ccc(OC(=O)NCc4ccccc4)cc3C3C(CCCCO)C(CCCCO)C=C(C(=NOCC)CC1N(Cc1cccc4ccccc14)C(=O)c1ccc(C#N)cc1)C32. The summed E-state index contributed by atoms with van der Waals surface area (Å²) in [7, 11) is 0. The van der Waals surface area contributed by atoms with Crippen molar-refractivity contribution in [2.24, 2.45) is 22.9 Å². The zero-order valence-corrected chi connectivity index (χ0v) is 38.6. The molecule has 68 heavy (non-hydrogen) atoms. The molecule has 8 rings (SSSR count). The molecule has 6 atom stereocenters. The van der Waals surface area contributed by atoms with Gasteiger partial charge in [0.25, 0.3) is 5.91 Å². The lowest BCUT2D eigenvalue weighted by atomic mass is 9.55. The summed E-state index contributed by atoms with van der Waals surface area (Å²) >= 11 is 0. The monoisotopic (exact) mass is 916 g/mol. The van der Waals surface area contributed by atoms with Gasteiger partial charge >= 0.3 is 6.09 Å². The zero-order valence-electron chi connectivity index (χ0n) is 38.6. The van der Waals surface area contributed by atoms with Gasteiger partial charge in [0.05, 0.1) is 29.9 Å². The summed E-state index contributed by atoms with van der Waals surface area (Å²) in [6, 6.07) is 37.3. The van der Waals surface area contributed by atoms with Crippen LogP contribution in [0.4, 0.5) is 4.79 Å². The van der Waals surface area contributed by atoms with E-state index in [0.717, 1.165) is 58.7 Å². The van der Waals surface area contributed by atoms with Crippen LogP contribution in [-0.4, -0.2) is 71.1 Å². The second-order valence-electron chi connectivity index (χ2n) is 17.7. The van der Waals surface area contributed by atoms with E-state index in [1.54, 1.807) is 36.4 Å². The summed E-state index contributed by atoms with van der Waals surface area (Å²) in [4.78, 5) is 36.7. The molecule has 1 aliphatic heterocycles. The lowest BCUT2D eigenvalue weighted by Crippen LogP contribution is -2.70. The number of carbonyl (C=O) groups is 2. The van der Waals surface area contributed by atoms with Crippen LogP contribution in [-0.2, 0) is 22.7 Å². The summed E-state index contributed by atoms with van der Waals surface area (Å²) < 4.78 is 20.7. The van der Waals surface area contributed by atoms with E-state index in [-0.39, 0.29) is 63.0 Å². The molecule has 3 N–H and O–H groups in total. The van der Waals surface area contributed by atoms with Gasteiger partial charge in [-0.3, -0.25) is 4.79 Å². The average molecular weight is 917 g/mol. The summed E-state index contributed by atoms with van der Waals surface area (Å²) in [5.74, 6) is -1.90. The van der Waals surface area contributed by atoms with Gasteiger partial charge < -0.3 is 39.5 Å². The number of nitriles is 1. The molecule has 0 bridgehead atoms. The number of aliphatic hydroxyl groups is 2. The van der Waals surface area contributed by atoms with Gasteiger partial charge in [0.15, 0.2) is 0 Å². The third kappa shape index (κ3) is 10.2. The van der Waals surface area contributed by atoms with Crippen molar-refractivity contribution in [3.05, 3.63) is 167 Å². The van der Waals surface area contributed by atoms with E-state index in [0.29, 0.717) is 47.8 Å². The Morgan fingerprint density at radius 1 is 0.941 bits per heavy atom. The Labute approximate surface area is 398 Å². The number of rotatable bonds is 20. The summed E-state index contributed by atoms with van der Waals surface area (Å²) in [5.41, 5.74) is 5.06. The Balaban J connectivity index is 1.33. The molecule has 352 valence electrons. The molecule has 5 aromatic rings. The first-order chi connectivity index (χ1) is 33.3. The molecule has 12 heteroatoms. The molecular weight excluding hydrogens is 857 g/mol. The second kappa shape index (κ2) is 22.3. The first kappa shape index (κ1) is 47.7. The van der Waals surface area contributed by atoms with Gasteiger partial charge in [-0.25, -0.2) is 4.79 Å². The van der Waals surface area contributed by atoms with Crippen LogP contribution in [0.5, 0.6) is 11.5 Å². The number of aliphatic hydroxyl groups excluding tert-OH is 2. The van der Waals surface area contributed by atoms with E-state index >= 15 is 4.79 Å². The molecule has 1 heterocycles. The highest BCUT2D eigenvalue weighted by atomic mass is 16.7. The van der Waals surface area contributed by atoms with E-state index in [9.17, 15) is 20.3 Å². The molecular formula is C56H60N4O8. The van der Waals surface area contributed by atoms with Crippen LogP contribution in [0.3, 0.4) is 0 Å². The number of oxime groups is 1. The van der Waals surface area contributed by atoms with Crippen molar-refractivity contribution >= 4 is 28.5 Å². The fourth-order valence-corrected chi connectivity index (χ4v) is 10.6. The van der Waals surface area contributed by atoms with E-state index in [1.807, 2.05) is 78.6 Å². The van der Waals surface area contributed by atoms with Crippen molar-refractivity contribution in [1.29, 1.82) is 5.26 Å². The minimum Gasteiger partial charge on any atom is -0.459 e. The Morgan fingerprint density at radius 2 is 1.69 bits per heavy atom. The van der Waals surface area contributed by atoms with Gasteiger partial charge in [0.1, 0.15) is 24.1 Å². The second-order valence-corrected chi connectivity index (χ2v) is 17.7. The molecule has 0 saturated heterocycles. The van der Waals surface area contributed by atoms with Crippen LogP contribution in [0, 0.1) is 29.1 Å². The normalized spacial score (nSPS) is 21.9. The molecule has 2 aliphatic carbocycles. The van der Waals surface area contributed by atoms with Crippen molar-refractivity contribution in [2.75, 3.05) is 26.4 Å². The van der Waals surface area contributed by atoms with Crippen LogP contribution in [0.25, 0.3) is 10.8 Å². The van der Waals surface area contributed by atoms with Crippen molar-refractivity contribution in [2.45, 2.75) is 82.7 Å². The van der Waals surface area contributed by atoms with Gasteiger partial charge in [-0.05, 0) is 114 Å². The molecule has 1 fully saturated rings. The quantitative estimate of drug-likeness (QED) is 0.0392. The molecule has 2 amide bonds. The topological polar surface area (TPSA) is 163 Å². The van der Waals surface area contributed by atoms with Gasteiger partial charge in [0.2, 0.25) is 5.79 Å². The van der Waals surface area contributed by atoms with Gasteiger partial charge in [0, 0.05) is 49.8 Å². The molecule has 5 aromatic carbocycles. The van der Waals surface area contributed by atoms with Crippen molar-refractivity contribution in [3.63, 3.8) is 0 Å². The Bertz CT molecular complexity index is 2660. The number of amides is 2. The number of nitrogens with zero attached hydrogens (tertiary/aromatic N) is 3.